The minimum absolute atomic E-state index is 0.136. The normalized spacial score (nSPS) is 10.2. The van der Waals surface area contributed by atoms with Crippen molar-refractivity contribution in [1.29, 1.82) is 0 Å². The maximum absolute atomic E-state index is 11.7. The van der Waals surface area contributed by atoms with Crippen molar-refractivity contribution in [2.24, 2.45) is 0 Å². The Balaban J connectivity index is 2.26. The van der Waals surface area contributed by atoms with Crippen molar-refractivity contribution in [1.82, 2.24) is 0 Å². The van der Waals surface area contributed by atoms with Crippen LogP contribution in [0.5, 0.6) is 0 Å². The molecule has 0 fully saturated rings. The Labute approximate surface area is 120 Å². The average molecular weight is 329 g/mol. The van der Waals surface area contributed by atoms with Gasteiger partial charge in [0.15, 0.2) is 12.4 Å². The Morgan fingerprint density at radius 1 is 1.11 bits per heavy atom. The first-order valence-electron chi connectivity index (χ1n) is 6.18. The van der Waals surface area contributed by atoms with Crippen molar-refractivity contribution in [2.45, 2.75) is 25.7 Å². The van der Waals surface area contributed by atoms with E-state index in [0.717, 1.165) is 10.9 Å². The summed E-state index contributed by atoms with van der Waals surface area (Å²) in [7, 11) is 0. The van der Waals surface area contributed by atoms with E-state index in [2.05, 4.69) is 15.9 Å². The van der Waals surface area contributed by atoms with E-state index >= 15 is 0 Å². The van der Waals surface area contributed by atoms with Crippen LogP contribution in [-0.2, 0) is 9.53 Å². The molecular weight excluding hydrogens is 312 g/mol. The maximum atomic E-state index is 11.7. The van der Waals surface area contributed by atoms with Gasteiger partial charge in [-0.25, -0.2) is 0 Å². The number of carbonyl (C=O) groups is 2. The van der Waals surface area contributed by atoms with Crippen molar-refractivity contribution < 1.29 is 19.4 Å². The third kappa shape index (κ3) is 6.50. The van der Waals surface area contributed by atoms with Crippen LogP contribution < -0.4 is 0 Å². The molecule has 1 aromatic rings. The van der Waals surface area contributed by atoms with Gasteiger partial charge in [0.1, 0.15) is 0 Å². The molecule has 0 bridgehead atoms. The standard InChI is InChI=1S/C14H17BrO4/c15-12-7-5-11(6-8-12)13(17)10-19-14(18)4-2-1-3-9-16/h5-8,16H,1-4,9-10H2. The second kappa shape index (κ2) is 8.82. The predicted octanol–water partition coefficient (Wildman–Crippen LogP) is 2.73. The summed E-state index contributed by atoms with van der Waals surface area (Å²) in [6.07, 6.45) is 2.43. The van der Waals surface area contributed by atoms with Crippen LogP contribution in [0.3, 0.4) is 0 Å². The predicted molar refractivity (Wildman–Crippen MR) is 75.0 cm³/mol. The third-order valence-corrected chi connectivity index (χ3v) is 3.10. The monoisotopic (exact) mass is 328 g/mol. The zero-order chi connectivity index (χ0) is 14.1. The van der Waals surface area contributed by atoms with Gasteiger partial charge < -0.3 is 9.84 Å². The highest BCUT2D eigenvalue weighted by molar-refractivity contribution is 9.10. The van der Waals surface area contributed by atoms with E-state index < -0.39 is 0 Å². The molecule has 4 nitrogen and oxygen atoms in total. The summed E-state index contributed by atoms with van der Waals surface area (Å²) in [5, 5.41) is 8.59. The molecule has 0 radical (unpaired) electrons. The molecule has 0 heterocycles. The number of halogens is 1. The minimum atomic E-state index is -0.372. The first-order valence-corrected chi connectivity index (χ1v) is 6.98. The van der Waals surface area contributed by atoms with Crippen LogP contribution in [-0.4, -0.2) is 30.1 Å². The number of ether oxygens (including phenoxy) is 1. The van der Waals surface area contributed by atoms with Crippen molar-refractivity contribution in [3.05, 3.63) is 34.3 Å². The molecule has 0 unspecified atom stereocenters. The number of hydrogen-bond donors (Lipinski definition) is 1. The van der Waals surface area contributed by atoms with Crippen LogP contribution in [0.4, 0.5) is 0 Å². The van der Waals surface area contributed by atoms with E-state index in [9.17, 15) is 9.59 Å². The largest absolute Gasteiger partial charge is 0.457 e. The van der Waals surface area contributed by atoms with Gasteiger partial charge in [0.2, 0.25) is 0 Å². The lowest BCUT2D eigenvalue weighted by Gasteiger charge is -2.04. The molecule has 19 heavy (non-hydrogen) atoms. The Kier molecular flexibility index (Phi) is 7.36. The van der Waals surface area contributed by atoms with Crippen LogP contribution in [0.15, 0.2) is 28.7 Å². The van der Waals surface area contributed by atoms with E-state index in [1.54, 1.807) is 24.3 Å². The number of benzene rings is 1. The van der Waals surface area contributed by atoms with Crippen LogP contribution in [0.25, 0.3) is 0 Å². The zero-order valence-corrected chi connectivity index (χ0v) is 12.2. The van der Waals surface area contributed by atoms with Gasteiger partial charge in [-0.3, -0.25) is 9.59 Å². The van der Waals surface area contributed by atoms with Gasteiger partial charge >= 0.3 is 5.97 Å². The van der Waals surface area contributed by atoms with Gasteiger partial charge in [-0.1, -0.05) is 34.5 Å². The number of Topliss-reactive ketones (excluding diaryl/α,β-unsaturated/α-hetero) is 1. The van der Waals surface area contributed by atoms with Gasteiger partial charge in [0.25, 0.3) is 0 Å². The Bertz CT molecular complexity index is 414. The summed E-state index contributed by atoms with van der Waals surface area (Å²) in [5.41, 5.74) is 0.524. The summed E-state index contributed by atoms with van der Waals surface area (Å²) >= 11 is 3.28. The van der Waals surface area contributed by atoms with Crippen molar-refractivity contribution in [2.75, 3.05) is 13.2 Å². The first kappa shape index (κ1) is 15.9. The van der Waals surface area contributed by atoms with E-state index in [1.165, 1.54) is 0 Å². The van der Waals surface area contributed by atoms with E-state index in [0.29, 0.717) is 18.4 Å². The van der Waals surface area contributed by atoms with Crippen LogP contribution >= 0.6 is 15.9 Å². The quantitative estimate of drug-likeness (QED) is 0.452. The topological polar surface area (TPSA) is 63.6 Å². The number of aliphatic hydroxyl groups excluding tert-OH is 1. The number of rotatable bonds is 8. The number of carbonyl (C=O) groups excluding carboxylic acids is 2. The Morgan fingerprint density at radius 2 is 1.79 bits per heavy atom. The van der Waals surface area contributed by atoms with E-state index in [-0.39, 0.29) is 31.4 Å². The second-order valence-electron chi connectivity index (χ2n) is 4.13. The maximum Gasteiger partial charge on any atom is 0.306 e. The lowest BCUT2D eigenvalue weighted by Crippen LogP contribution is -2.13. The molecule has 0 aliphatic rings. The van der Waals surface area contributed by atoms with Gasteiger partial charge in [-0.2, -0.15) is 0 Å². The summed E-state index contributed by atoms with van der Waals surface area (Å²) < 4.78 is 5.80. The molecule has 5 heteroatoms. The van der Waals surface area contributed by atoms with Crippen LogP contribution in [0, 0.1) is 0 Å². The molecule has 0 aliphatic carbocycles. The summed E-state index contributed by atoms with van der Waals surface area (Å²) in [6, 6.07) is 6.90. The third-order valence-electron chi connectivity index (χ3n) is 2.57. The minimum Gasteiger partial charge on any atom is -0.457 e. The van der Waals surface area contributed by atoms with Gasteiger partial charge in [0.05, 0.1) is 0 Å². The molecule has 104 valence electrons. The number of esters is 1. The van der Waals surface area contributed by atoms with Crippen molar-refractivity contribution in [3.63, 3.8) is 0 Å². The summed E-state index contributed by atoms with van der Waals surface area (Å²) in [4.78, 5) is 23.1. The lowest BCUT2D eigenvalue weighted by atomic mass is 10.1. The highest BCUT2D eigenvalue weighted by Gasteiger charge is 2.09. The molecule has 1 N–H and O–H groups in total. The van der Waals surface area contributed by atoms with Gasteiger partial charge in [0, 0.05) is 23.1 Å². The van der Waals surface area contributed by atoms with Crippen LogP contribution in [0.2, 0.25) is 0 Å². The molecule has 0 aromatic heterocycles. The Morgan fingerprint density at radius 3 is 2.42 bits per heavy atom. The van der Waals surface area contributed by atoms with E-state index in [4.69, 9.17) is 9.84 Å². The molecule has 1 aromatic carbocycles. The van der Waals surface area contributed by atoms with Crippen molar-refractivity contribution in [3.8, 4) is 0 Å². The Hall–Kier alpha value is -1.20. The van der Waals surface area contributed by atoms with Crippen molar-refractivity contribution >= 4 is 27.7 Å². The SMILES string of the molecule is O=C(CCCCCO)OCC(=O)c1ccc(Br)cc1. The number of unbranched alkanes of at least 4 members (excludes halogenated alkanes) is 2. The highest BCUT2D eigenvalue weighted by Crippen LogP contribution is 2.11. The molecule has 1 rings (SSSR count). The number of hydrogen-bond acceptors (Lipinski definition) is 4. The molecule has 0 spiro atoms. The summed E-state index contributed by atoms with van der Waals surface area (Å²) in [5.74, 6) is -0.584. The molecule has 0 saturated carbocycles. The number of ketones is 1. The van der Waals surface area contributed by atoms with E-state index in [1.807, 2.05) is 0 Å². The zero-order valence-electron chi connectivity index (χ0n) is 10.6. The fourth-order valence-corrected chi connectivity index (χ4v) is 1.76. The van der Waals surface area contributed by atoms with Crippen LogP contribution in [0.1, 0.15) is 36.0 Å². The molecule has 0 saturated heterocycles. The smallest absolute Gasteiger partial charge is 0.306 e. The number of aliphatic hydroxyl groups is 1. The van der Waals surface area contributed by atoms with Gasteiger partial charge in [-0.05, 0) is 25.0 Å². The molecule has 0 atom stereocenters. The molecule has 0 amide bonds. The fourth-order valence-electron chi connectivity index (χ4n) is 1.50. The molecule has 0 aliphatic heterocycles. The highest BCUT2D eigenvalue weighted by atomic mass is 79.9. The van der Waals surface area contributed by atoms with Gasteiger partial charge in [-0.15, -0.1) is 0 Å². The first-order chi connectivity index (χ1) is 9.13. The fraction of sp³-hybridized carbons (Fsp3) is 0.429. The lowest BCUT2D eigenvalue weighted by molar-refractivity contribution is -0.142. The summed E-state index contributed by atoms with van der Waals surface area (Å²) in [6.45, 7) is -0.0857. The second-order valence-corrected chi connectivity index (χ2v) is 5.04. The molecular formula is C14H17BrO4. The average Bonchev–Trinajstić information content (AvgIpc) is 2.42.